The Hall–Kier alpha value is -4.67. The number of rotatable bonds is 10. The largest absolute Gasteiger partial charge is 0.493 e. The lowest BCUT2D eigenvalue weighted by molar-refractivity contribution is -0.116. The molecule has 37 heavy (non-hydrogen) atoms. The van der Waals surface area contributed by atoms with E-state index >= 15 is 0 Å². The molecule has 0 aliphatic rings. The van der Waals surface area contributed by atoms with Gasteiger partial charge in [0, 0.05) is 18.2 Å². The van der Waals surface area contributed by atoms with Gasteiger partial charge in [0.1, 0.15) is 17.5 Å². The van der Waals surface area contributed by atoms with Gasteiger partial charge in [-0.15, -0.1) is 0 Å². The summed E-state index contributed by atoms with van der Waals surface area (Å²) in [6.45, 7) is 0.625. The van der Waals surface area contributed by atoms with Crippen LogP contribution in [-0.4, -0.2) is 53.1 Å². The molecular formula is C26H26FN5O5. The van der Waals surface area contributed by atoms with Crippen molar-refractivity contribution in [1.29, 1.82) is 0 Å². The van der Waals surface area contributed by atoms with E-state index in [0.717, 1.165) is 0 Å². The minimum absolute atomic E-state index is 0.0635. The minimum atomic E-state index is -0.389. The maximum atomic E-state index is 14.0. The Morgan fingerprint density at radius 2 is 1.84 bits per heavy atom. The molecule has 0 aliphatic heterocycles. The number of fused-ring (bicyclic) bond motifs is 1. The molecule has 4 aromatic rings. The molecule has 0 fully saturated rings. The van der Waals surface area contributed by atoms with E-state index in [9.17, 15) is 14.0 Å². The molecule has 1 N–H and O–H groups in total. The molecule has 11 heteroatoms. The zero-order valence-electron chi connectivity index (χ0n) is 20.6. The van der Waals surface area contributed by atoms with Crippen molar-refractivity contribution in [2.24, 2.45) is 0 Å². The number of nitrogens with zero attached hydrogens (tertiary/aromatic N) is 4. The highest BCUT2D eigenvalue weighted by molar-refractivity contribution is 5.91. The summed E-state index contributed by atoms with van der Waals surface area (Å²) >= 11 is 0. The molecule has 0 unspecified atom stereocenters. The molecule has 2 heterocycles. The Kier molecular flexibility index (Phi) is 7.82. The van der Waals surface area contributed by atoms with E-state index in [4.69, 9.17) is 14.2 Å². The summed E-state index contributed by atoms with van der Waals surface area (Å²) < 4.78 is 32.8. The van der Waals surface area contributed by atoms with Crippen molar-refractivity contribution in [3.05, 3.63) is 82.3 Å². The zero-order valence-corrected chi connectivity index (χ0v) is 20.6. The smallest absolute Gasteiger partial charge is 0.264 e. The maximum absolute atomic E-state index is 14.0. The van der Waals surface area contributed by atoms with Crippen LogP contribution in [0, 0.1) is 5.82 Å². The van der Waals surface area contributed by atoms with E-state index in [1.165, 1.54) is 55.2 Å². The van der Waals surface area contributed by atoms with Gasteiger partial charge in [0.25, 0.3) is 5.56 Å². The summed E-state index contributed by atoms with van der Waals surface area (Å²) in [6.07, 6.45) is 5.81. The third-order valence-corrected chi connectivity index (χ3v) is 5.66. The highest BCUT2D eigenvalue weighted by Crippen LogP contribution is 2.38. The van der Waals surface area contributed by atoms with Gasteiger partial charge in [0.15, 0.2) is 17.1 Å². The normalized spacial score (nSPS) is 11.1. The van der Waals surface area contributed by atoms with Gasteiger partial charge in [-0.1, -0.05) is 18.2 Å². The molecule has 0 saturated heterocycles. The van der Waals surface area contributed by atoms with Crippen molar-refractivity contribution in [3.8, 4) is 17.2 Å². The van der Waals surface area contributed by atoms with E-state index < -0.39 is 0 Å². The number of aromatic nitrogens is 4. The van der Waals surface area contributed by atoms with Crippen molar-refractivity contribution < 1.29 is 23.4 Å². The molecule has 0 bridgehead atoms. The van der Waals surface area contributed by atoms with Gasteiger partial charge in [0.05, 0.1) is 40.6 Å². The average Bonchev–Trinajstić information content (AvgIpc) is 3.33. The number of amides is 1. The number of methoxy groups -OCH3 is 3. The predicted octanol–water partition coefficient (Wildman–Crippen LogP) is 2.64. The van der Waals surface area contributed by atoms with E-state index in [-0.39, 0.29) is 30.4 Å². The predicted molar refractivity (Wildman–Crippen MR) is 135 cm³/mol. The van der Waals surface area contributed by atoms with Crippen LogP contribution in [0.15, 0.2) is 59.8 Å². The molecule has 0 atom stereocenters. The second kappa shape index (κ2) is 11.4. The van der Waals surface area contributed by atoms with E-state index in [1.807, 2.05) is 0 Å². The fraction of sp³-hybridized carbons (Fsp3) is 0.231. The third kappa shape index (κ3) is 5.61. The van der Waals surface area contributed by atoms with Crippen molar-refractivity contribution in [2.45, 2.75) is 13.1 Å². The summed E-state index contributed by atoms with van der Waals surface area (Å²) in [6, 6.07) is 9.72. The Labute approximate surface area is 211 Å². The molecule has 10 nitrogen and oxygen atoms in total. The van der Waals surface area contributed by atoms with E-state index in [2.05, 4.69) is 15.4 Å². The molecule has 0 radical (unpaired) electrons. The summed E-state index contributed by atoms with van der Waals surface area (Å²) in [7, 11) is 4.55. The number of carbonyl (C=O) groups is 1. The maximum Gasteiger partial charge on any atom is 0.264 e. The Morgan fingerprint density at radius 3 is 2.51 bits per heavy atom. The second-order valence-electron chi connectivity index (χ2n) is 7.96. The summed E-state index contributed by atoms with van der Waals surface area (Å²) in [5.41, 5.74) is 1.15. The Morgan fingerprint density at radius 1 is 1.11 bits per heavy atom. The first kappa shape index (κ1) is 25.4. The number of carbonyl (C=O) groups excluding carboxylic acids is 1. The van der Waals surface area contributed by atoms with E-state index in [0.29, 0.717) is 46.0 Å². The van der Waals surface area contributed by atoms with Crippen molar-refractivity contribution in [3.63, 3.8) is 0 Å². The van der Waals surface area contributed by atoms with Crippen LogP contribution in [0.4, 0.5) is 4.39 Å². The SMILES string of the molecule is COc1cc(/C=C/C(=O)NCCn2ncc3c(=O)n(Cc4ccccc4F)cnc32)cc(OC)c1OC. The van der Waals surface area contributed by atoms with Crippen LogP contribution in [0.2, 0.25) is 0 Å². The summed E-state index contributed by atoms with van der Waals surface area (Å²) in [5.74, 6) is 0.720. The standard InChI is InChI=1S/C26H26FN5O5/c1-35-21-12-17(13-22(36-2)24(21)37-3)8-9-23(33)28-10-11-32-25-19(14-30-32)26(34)31(16-29-25)15-18-6-4-5-7-20(18)27/h4-9,12-14,16H,10-11,15H2,1-3H3,(H,28,33)/b9-8+. The number of halogens is 1. The number of hydrogen-bond acceptors (Lipinski definition) is 7. The zero-order chi connectivity index (χ0) is 26.4. The van der Waals surface area contributed by atoms with Gasteiger partial charge in [-0.2, -0.15) is 5.10 Å². The van der Waals surface area contributed by atoms with Gasteiger partial charge >= 0.3 is 0 Å². The van der Waals surface area contributed by atoms with E-state index in [1.54, 1.807) is 36.4 Å². The van der Waals surface area contributed by atoms with Gasteiger partial charge in [-0.3, -0.25) is 14.2 Å². The average molecular weight is 508 g/mol. The molecule has 2 aromatic carbocycles. The summed E-state index contributed by atoms with van der Waals surface area (Å²) in [5, 5.41) is 7.31. The molecule has 0 saturated carbocycles. The Bertz CT molecular complexity index is 1490. The van der Waals surface area contributed by atoms with Crippen molar-refractivity contribution in [2.75, 3.05) is 27.9 Å². The Balaban J connectivity index is 1.39. The van der Waals surface area contributed by atoms with Crippen LogP contribution in [0.1, 0.15) is 11.1 Å². The quantitative estimate of drug-likeness (QED) is 0.329. The lowest BCUT2D eigenvalue weighted by atomic mass is 10.1. The molecule has 0 spiro atoms. The lowest BCUT2D eigenvalue weighted by Gasteiger charge is -2.12. The fourth-order valence-corrected chi connectivity index (χ4v) is 3.80. The fourth-order valence-electron chi connectivity index (χ4n) is 3.80. The number of hydrogen-bond donors (Lipinski definition) is 1. The number of ether oxygens (including phenoxy) is 3. The molecule has 4 rings (SSSR count). The van der Waals surface area contributed by atoms with Crippen LogP contribution < -0.4 is 25.1 Å². The highest BCUT2D eigenvalue weighted by atomic mass is 19.1. The first-order chi connectivity index (χ1) is 17.9. The molecule has 1 amide bonds. The van der Waals surface area contributed by atoms with Gasteiger partial charge < -0.3 is 19.5 Å². The third-order valence-electron chi connectivity index (χ3n) is 5.66. The number of nitrogens with one attached hydrogen (secondary N) is 1. The van der Waals surface area contributed by atoms with Gasteiger partial charge in [0.2, 0.25) is 11.7 Å². The summed E-state index contributed by atoms with van der Waals surface area (Å²) in [4.78, 5) is 29.5. The van der Waals surface area contributed by atoms with Crippen LogP contribution in [0.5, 0.6) is 17.2 Å². The molecule has 192 valence electrons. The molecular weight excluding hydrogens is 481 g/mol. The van der Waals surface area contributed by atoms with Crippen LogP contribution in [0.3, 0.4) is 0 Å². The first-order valence-electron chi connectivity index (χ1n) is 11.4. The van der Waals surface area contributed by atoms with Gasteiger partial charge in [-0.05, 0) is 29.8 Å². The number of benzene rings is 2. The topological polar surface area (TPSA) is 110 Å². The first-order valence-corrected chi connectivity index (χ1v) is 11.4. The molecule has 0 aliphatic carbocycles. The van der Waals surface area contributed by atoms with Crippen molar-refractivity contribution in [1.82, 2.24) is 24.6 Å². The van der Waals surface area contributed by atoms with Crippen LogP contribution >= 0.6 is 0 Å². The monoisotopic (exact) mass is 507 g/mol. The van der Waals surface area contributed by atoms with Crippen LogP contribution in [-0.2, 0) is 17.9 Å². The highest BCUT2D eigenvalue weighted by Gasteiger charge is 2.13. The van der Waals surface area contributed by atoms with Crippen LogP contribution in [0.25, 0.3) is 17.1 Å². The minimum Gasteiger partial charge on any atom is -0.493 e. The van der Waals surface area contributed by atoms with Crippen molar-refractivity contribution >= 4 is 23.0 Å². The lowest BCUT2D eigenvalue weighted by Crippen LogP contribution is -2.26. The second-order valence-corrected chi connectivity index (χ2v) is 7.96. The van der Waals surface area contributed by atoms with Gasteiger partial charge in [-0.25, -0.2) is 14.1 Å². The molecule has 2 aromatic heterocycles.